The van der Waals surface area contributed by atoms with E-state index < -0.39 is 5.92 Å². The second kappa shape index (κ2) is 8.80. The SMILES string of the molecule is COc1ccc(C)cc1N1CC(C(=O)Nc2cc(C)nn2-c2ncc(Cl)cc2Cl)CC1=O. The number of aryl methyl sites for hydroxylation is 2. The van der Waals surface area contributed by atoms with Gasteiger partial charge in [0.2, 0.25) is 11.8 Å². The molecule has 3 heterocycles. The van der Waals surface area contributed by atoms with Crippen LogP contribution in [0.3, 0.4) is 0 Å². The van der Waals surface area contributed by atoms with Gasteiger partial charge in [-0.3, -0.25) is 9.59 Å². The quantitative estimate of drug-likeness (QED) is 0.599. The number of rotatable bonds is 5. The van der Waals surface area contributed by atoms with E-state index in [-0.39, 0.29) is 24.8 Å². The zero-order valence-electron chi connectivity index (χ0n) is 17.7. The van der Waals surface area contributed by atoms with Crippen LogP contribution in [0.15, 0.2) is 36.5 Å². The van der Waals surface area contributed by atoms with Crippen LogP contribution in [0.5, 0.6) is 5.75 Å². The molecule has 2 amide bonds. The Bertz CT molecular complexity index is 1210. The molecule has 1 fully saturated rings. The van der Waals surface area contributed by atoms with Crippen molar-refractivity contribution >= 4 is 46.5 Å². The lowest BCUT2D eigenvalue weighted by atomic mass is 10.1. The predicted molar refractivity (Wildman–Crippen MR) is 123 cm³/mol. The first-order chi connectivity index (χ1) is 15.3. The fraction of sp³-hybridized carbons (Fsp3) is 0.273. The molecule has 8 nitrogen and oxygen atoms in total. The van der Waals surface area contributed by atoms with Crippen LogP contribution in [-0.2, 0) is 9.59 Å². The van der Waals surface area contributed by atoms with Gasteiger partial charge in [-0.1, -0.05) is 29.3 Å². The second-order valence-corrected chi connectivity index (χ2v) is 8.46. The molecule has 0 bridgehead atoms. The molecule has 4 rings (SSSR count). The van der Waals surface area contributed by atoms with E-state index in [0.717, 1.165) is 5.56 Å². The maximum atomic E-state index is 13.1. The number of pyridine rings is 1. The van der Waals surface area contributed by atoms with Crippen molar-refractivity contribution in [3.8, 4) is 11.6 Å². The van der Waals surface area contributed by atoms with Gasteiger partial charge in [0, 0.05) is 25.2 Å². The smallest absolute Gasteiger partial charge is 0.230 e. The lowest BCUT2D eigenvalue weighted by Crippen LogP contribution is -2.29. The summed E-state index contributed by atoms with van der Waals surface area (Å²) in [7, 11) is 1.55. The van der Waals surface area contributed by atoms with Crippen LogP contribution in [-0.4, -0.2) is 40.2 Å². The minimum atomic E-state index is -0.537. The standard InChI is InChI=1S/C22H21Cl2N5O3/c1-12-4-5-18(32-3)17(6-12)28-11-14(8-20(28)30)22(31)26-19-7-13(2)27-29(19)21-16(24)9-15(23)10-25-21/h4-7,9-10,14H,8,11H2,1-3H3,(H,26,31). The molecule has 166 valence electrons. The summed E-state index contributed by atoms with van der Waals surface area (Å²) in [5.74, 6) is 0.364. The maximum Gasteiger partial charge on any atom is 0.230 e. The summed E-state index contributed by atoms with van der Waals surface area (Å²) in [6.45, 7) is 3.98. The Morgan fingerprint density at radius 3 is 2.72 bits per heavy atom. The minimum Gasteiger partial charge on any atom is -0.495 e. The van der Waals surface area contributed by atoms with Gasteiger partial charge in [0.05, 0.1) is 34.5 Å². The molecule has 1 aromatic carbocycles. The molecule has 1 aliphatic heterocycles. The monoisotopic (exact) mass is 473 g/mol. The molecule has 2 aromatic heterocycles. The van der Waals surface area contributed by atoms with Crippen LogP contribution in [0.25, 0.3) is 5.82 Å². The number of aromatic nitrogens is 3. The zero-order valence-corrected chi connectivity index (χ0v) is 19.2. The van der Waals surface area contributed by atoms with Crippen molar-refractivity contribution in [3.05, 3.63) is 57.8 Å². The Labute approximate surface area is 195 Å². The van der Waals surface area contributed by atoms with Gasteiger partial charge < -0.3 is 15.0 Å². The Hall–Kier alpha value is -3.10. The molecule has 0 aliphatic carbocycles. The van der Waals surface area contributed by atoms with E-state index in [4.69, 9.17) is 27.9 Å². The summed E-state index contributed by atoms with van der Waals surface area (Å²) >= 11 is 12.2. The summed E-state index contributed by atoms with van der Waals surface area (Å²) in [5.41, 5.74) is 2.32. The van der Waals surface area contributed by atoms with Gasteiger partial charge in [-0.15, -0.1) is 0 Å². The third-order valence-electron chi connectivity index (χ3n) is 5.19. The van der Waals surface area contributed by atoms with E-state index in [0.29, 0.717) is 38.8 Å². The van der Waals surface area contributed by atoms with Gasteiger partial charge in [-0.25, -0.2) is 4.98 Å². The third kappa shape index (κ3) is 4.28. The topological polar surface area (TPSA) is 89.3 Å². The highest BCUT2D eigenvalue weighted by atomic mass is 35.5. The highest BCUT2D eigenvalue weighted by Gasteiger charge is 2.36. The van der Waals surface area contributed by atoms with E-state index in [1.54, 1.807) is 31.1 Å². The molecule has 0 radical (unpaired) electrons. The van der Waals surface area contributed by atoms with Crippen LogP contribution in [0.1, 0.15) is 17.7 Å². The molecule has 1 N–H and O–H groups in total. The third-order valence-corrected chi connectivity index (χ3v) is 5.68. The van der Waals surface area contributed by atoms with Gasteiger partial charge in [-0.2, -0.15) is 9.78 Å². The number of hydrogen-bond acceptors (Lipinski definition) is 5. The first kappa shape index (κ1) is 22.1. The summed E-state index contributed by atoms with van der Waals surface area (Å²) in [6.07, 6.45) is 1.55. The number of carbonyl (C=O) groups excluding carboxylic acids is 2. The zero-order chi connectivity index (χ0) is 23.0. The van der Waals surface area contributed by atoms with E-state index in [1.807, 2.05) is 25.1 Å². The lowest BCUT2D eigenvalue weighted by Gasteiger charge is -2.20. The number of ether oxygens (including phenoxy) is 1. The summed E-state index contributed by atoms with van der Waals surface area (Å²) < 4.78 is 6.85. The number of carbonyl (C=O) groups is 2. The highest BCUT2D eigenvalue weighted by Crippen LogP contribution is 2.34. The van der Waals surface area contributed by atoms with E-state index >= 15 is 0 Å². The van der Waals surface area contributed by atoms with Crippen molar-refractivity contribution in [3.63, 3.8) is 0 Å². The first-order valence-corrected chi connectivity index (χ1v) is 10.7. The Kier molecular flexibility index (Phi) is 6.08. The van der Waals surface area contributed by atoms with Gasteiger partial charge in [0.1, 0.15) is 11.6 Å². The van der Waals surface area contributed by atoms with Gasteiger partial charge in [0.15, 0.2) is 5.82 Å². The lowest BCUT2D eigenvalue weighted by molar-refractivity contribution is -0.122. The molecular formula is C22H21Cl2N5O3. The predicted octanol–water partition coefficient (Wildman–Crippen LogP) is 4.19. The number of halogens is 2. The summed E-state index contributed by atoms with van der Waals surface area (Å²) in [4.78, 5) is 31.6. The van der Waals surface area contributed by atoms with Gasteiger partial charge in [-0.05, 0) is 37.6 Å². The highest BCUT2D eigenvalue weighted by molar-refractivity contribution is 6.35. The largest absolute Gasteiger partial charge is 0.495 e. The van der Waals surface area contributed by atoms with E-state index in [2.05, 4.69) is 15.4 Å². The van der Waals surface area contributed by atoms with Crippen molar-refractivity contribution in [1.82, 2.24) is 14.8 Å². The normalized spacial score (nSPS) is 15.8. The van der Waals surface area contributed by atoms with E-state index in [1.165, 1.54) is 10.9 Å². The number of hydrogen-bond donors (Lipinski definition) is 1. The fourth-order valence-corrected chi connectivity index (χ4v) is 4.13. The van der Waals surface area contributed by atoms with Gasteiger partial charge in [0.25, 0.3) is 0 Å². The molecule has 0 saturated carbocycles. The molecule has 10 heteroatoms. The van der Waals surface area contributed by atoms with Crippen LogP contribution in [0.2, 0.25) is 10.0 Å². The molecule has 1 aliphatic rings. The molecule has 32 heavy (non-hydrogen) atoms. The molecule has 1 unspecified atom stereocenters. The van der Waals surface area contributed by atoms with Gasteiger partial charge >= 0.3 is 0 Å². The molecule has 1 saturated heterocycles. The average molecular weight is 474 g/mol. The summed E-state index contributed by atoms with van der Waals surface area (Å²) in [6, 6.07) is 8.87. The summed E-state index contributed by atoms with van der Waals surface area (Å²) in [5, 5.41) is 7.93. The van der Waals surface area contributed by atoms with Crippen LogP contribution in [0, 0.1) is 19.8 Å². The number of anilines is 2. The van der Waals surface area contributed by atoms with Crippen LogP contribution in [0.4, 0.5) is 11.5 Å². The molecule has 0 spiro atoms. The number of benzene rings is 1. The van der Waals surface area contributed by atoms with Crippen molar-refractivity contribution in [2.45, 2.75) is 20.3 Å². The molecule has 1 atom stereocenters. The van der Waals surface area contributed by atoms with E-state index in [9.17, 15) is 9.59 Å². The maximum absolute atomic E-state index is 13.1. The van der Waals surface area contributed by atoms with Crippen molar-refractivity contribution in [1.29, 1.82) is 0 Å². The fourth-order valence-electron chi connectivity index (χ4n) is 3.67. The molecule has 3 aromatic rings. The minimum absolute atomic E-state index is 0.0933. The van der Waals surface area contributed by atoms with Crippen molar-refractivity contribution in [2.24, 2.45) is 5.92 Å². The van der Waals surface area contributed by atoms with Crippen molar-refractivity contribution in [2.75, 3.05) is 23.9 Å². The molecular weight excluding hydrogens is 453 g/mol. The second-order valence-electron chi connectivity index (χ2n) is 7.61. The average Bonchev–Trinajstić information content (AvgIpc) is 3.30. The number of nitrogens with zero attached hydrogens (tertiary/aromatic N) is 4. The Balaban J connectivity index is 1.56. The number of methoxy groups -OCH3 is 1. The Morgan fingerprint density at radius 1 is 1.22 bits per heavy atom. The first-order valence-electron chi connectivity index (χ1n) is 9.90. The van der Waals surface area contributed by atoms with Crippen LogP contribution < -0.4 is 15.0 Å². The van der Waals surface area contributed by atoms with Crippen molar-refractivity contribution < 1.29 is 14.3 Å². The Morgan fingerprint density at radius 2 is 2.00 bits per heavy atom. The van der Waals surface area contributed by atoms with Crippen LogP contribution >= 0.6 is 23.2 Å². The number of nitrogens with one attached hydrogen (secondary N) is 1. The number of amides is 2.